The number of halogens is 1. The van der Waals surface area contributed by atoms with Gasteiger partial charge in [0.25, 0.3) is 5.91 Å². The lowest BCUT2D eigenvalue weighted by molar-refractivity contribution is -0.128. The van der Waals surface area contributed by atoms with E-state index in [9.17, 15) is 4.79 Å². The first kappa shape index (κ1) is 16.4. The van der Waals surface area contributed by atoms with Crippen molar-refractivity contribution >= 4 is 17.5 Å². The van der Waals surface area contributed by atoms with Gasteiger partial charge < -0.3 is 10.1 Å². The fraction of sp³-hybridized carbons (Fsp3) is 0.278. The molecule has 22 heavy (non-hydrogen) atoms. The van der Waals surface area contributed by atoms with E-state index in [1.807, 2.05) is 37.3 Å². The van der Waals surface area contributed by atoms with E-state index in [-0.39, 0.29) is 5.91 Å². The molecule has 1 N–H and O–H groups in total. The van der Waals surface area contributed by atoms with Crippen LogP contribution in [0.15, 0.2) is 54.6 Å². The summed E-state index contributed by atoms with van der Waals surface area (Å²) in [5, 5.41) is 3.51. The van der Waals surface area contributed by atoms with Crippen molar-refractivity contribution in [1.29, 1.82) is 0 Å². The van der Waals surface area contributed by atoms with E-state index in [1.54, 1.807) is 24.3 Å². The molecule has 1 atom stereocenters. The molecule has 0 radical (unpaired) electrons. The average Bonchev–Trinajstić information content (AvgIpc) is 2.53. The summed E-state index contributed by atoms with van der Waals surface area (Å²) in [6, 6.07) is 17.1. The van der Waals surface area contributed by atoms with Gasteiger partial charge in [0.1, 0.15) is 5.75 Å². The first-order valence-electron chi connectivity index (χ1n) is 7.43. The Balaban J connectivity index is 1.84. The van der Waals surface area contributed by atoms with E-state index >= 15 is 0 Å². The molecule has 0 aromatic heterocycles. The zero-order valence-corrected chi connectivity index (χ0v) is 13.3. The number of amides is 1. The van der Waals surface area contributed by atoms with Crippen LogP contribution in [0.4, 0.5) is 0 Å². The number of benzene rings is 2. The minimum Gasteiger partial charge on any atom is -0.481 e. The van der Waals surface area contributed by atoms with Gasteiger partial charge in [0.15, 0.2) is 6.10 Å². The van der Waals surface area contributed by atoms with Crippen LogP contribution >= 0.6 is 11.6 Å². The van der Waals surface area contributed by atoms with Crippen molar-refractivity contribution < 1.29 is 9.53 Å². The summed E-state index contributed by atoms with van der Waals surface area (Å²) in [5.41, 5.74) is 1.20. The Hall–Kier alpha value is -2.00. The van der Waals surface area contributed by atoms with Crippen LogP contribution in [-0.2, 0) is 11.2 Å². The SMILES string of the molecule is CC[C@H](Oc1cccc(Cl)c1)C(=O)NCCc1ccccc1. The van der Waals surface area contributed by atoms with Crippen LogP contribution in [0.2, 0.25) is 5.02 Å². The fourth-order valence-electron chi connectivity index (χ4n) is 2.12. The lowest BCUT2D eigenvalue weighted by atomic mass is 10.1. The molecule has 0 fully saturated rings. The van der Waals surface area contributed by atoms with Gasteiger partial charge in [-0.05, 0) is 36.6 Å². The third-order valence-corrected chi connectivity index (χ3v) is 3.53. The zero-order chi connectivity index (χ0) is 15.8. The summed E-state index contributed by atoms with van der Waals surface area (Å²) >= 11 is 5.92. The predicted octanol–water partition coefficient (Wildman–Crippen LogP) is 3.86. The molecule has 2 aromatic rings. The highest BCUT2D eigenvalue weighted by molar-refractivity contribution is 6.30. The van der Waals surface area contributed by atoms with E-state index in [0.29, 0.717) is 23.7 Å². The number of carbonyl (C=O) groups excluding carboxylic acids is 1. The van der Waals surface area contributed by atoms with Crippen LogP contribution < -0.4 is 10.1 Å². The lowest BCUT2D eigenvalue weighted by Gasteiger charge is -2.17. The highest BCUT2D eigenvalue weighted by Gasteiger charge is 2.17. The quantitative estimate of drug-likeness (QED) is 0.842. The van der Waals surface area contributed by atoms with E-state index < -0.39 is 6.10 Å². The summed E-state index contributed by atoms with van der Waals surface area (Å²) in [6.45, 7) is 2.52. The van der Waals surface area contributed by atoms with Crippen molar-refractivity contribution in [3.63, 3.8) is 0 Å². The molecular formula is C18H20ClNO2. The van der Waals surface area contributed by atoms with E-state index in [2.05, 4.69) is 5.32 Å². The van der Waals surface area contributed by atoms with Gasteiger partial charge in [-0.1, -0.05) is 54.9 Å². The number of ether oxygens (including phenoxy) is 1. The summed E-state index contributed by atoms with van der Waals surface area (Å²) in [4.78, 5) is 12.2. The fourth-order valence-corrected chi connectivity index (χ4v) is 2.30. The zero-order valence-electron chi connectivity index (χ0n) is 12.6. The standard InChI is InChI=1S/C18H20ClNO2/c1-2-17(22-16-10-6-9-15(19)13-16)18(21)20-12-11-14-7-4-3-5-8-14/h3-10,13,17H,2,11-12H2,1H3,(H,20,21)/t17-/m0/s1. The van der Waals surface area contributed by atoms with Crippen LogP contribution in [-0.4, -0.2) is 18.6 Å². The topological polar surface area (TPSA) is 38.3 Å². The summed E-state index contributed by atoms with van der Waals surface area (Å²) in [5.74, 6) is 0.510. The van der Waals surface area contributed by atoms with E-state index in [0.717, 1.165) is 6.42 Å². The molecule has 2 rings (SSSR count). The van der Waals surface area contributed by atoms with Gasteiger partial charge in [-0.25, -0.2) is 0 Å². The predicted molar refractivity (Wildman–Crippen MR) is 89.3 cm³/mol. The maximum atomic E-state index is 12.2. The molecule has 4 heteroatoms. The van der Waals surface area contributed by atoms with Gasteiger partial charge in [-0.15, -0.1) is 0 Å². The average molecular weight is 318 g/mol. The molecule has 0 aliphatic heterocycles. The molecule has 0 aliphatic carbocycles. The highest BCUT2D eigenvalue weighted by Crippen LogP contribution is 2.19. The maximum Gasteiger partial charge on any atom is 0.261 e. The molecule has 2 aromatic carbocycles. The van der Waals surface area contributed by atoms with Crippen molar-refractivity contribution in [1.82, 2.24) is 5.32 Å². The van der Waals surface area contributed by atoms with Crippen molar-refractivity contribution in [3.05, 3.63) is 65.2 Å². The Bertz CT molecular complexity index is 601. The second-order valence-electron chi connectivity index (χ2n) is 5.00. The van der Waals surface area contributed by atoms with Crippen molar-refractivity contribution in [2.75, 3.05) is 6.54 Å². The molecule has 0 saturated carbocycles. The second kappa shape index (κ2) is 8.44. The van der Waals surface area contributed by atoms with Gasteiger partial charge in [0.2, 0.25) is 0 Å². The third kappa shape index (κ3) is 5.08. The molecule has 0 unspecified atom stereocenters. The van der Waals surface area contributed by atoms with Gasteiger partial charge in [-0.2, -0.15) is 0 Å². The van der Waals surface area contributed by atoms with Gasteiger partial charge in [-0.3, -0.25) is 4.79 Å². The molecule has 0 heterocycles. The lowest BCUT2D eigenvalue weighted by Crippen LogP contribution is -2.38. The number of rotatable bonds is 7. The van der Waals surface area contributed by atoms with Gasteiger partial charge in [0, 0.05) is 11.6 Å². The van der Waals surface area contributed by atoms with Crippen LogP contribution in [0.1, 0.15) is 18.9 Å². The molecule has 1 amide bonds. The maximum absolute atomic E-state index is 12.2. The Labute approximate surface area is 136 Å². The molecule has 0 spiro atoms. The van der Waals surface area contributed by atoms with Crippen LogP contribution in [0, 0.1) is 0 Å². The Morgan fingerprint density at radius 2 is 1.95 bits per heavy atom. The first-order valence-corrected chi connectivity index (χ1v) is 7.80. The molecule has 0 saturated heterocycles. The Morgan fingerprint density at radius 3 is 2.64 bits per heavy atom. The molecule has 116 valence electrons. The number of nitrogens with one attached hydrogen (secondary N) is 1. The minimum atomic E-state index is -0.505. The van der Waals surface area contributed by atoms with Crippen LogP contribution in [0.3, 0.4) is 0 Å². The summed E-state index contributed by atoms with van der Waals surface area (Å²) in [7, 11) is 0. The summed E-state index contributed by atoms with van der Waals surface area (Å²) in [6.07, 6.45) is 0.901. The monoisotopic (exact) mass is 317 g/mol. The third-order valence-electron chi connectivity index (χ3n) is 3.29. The minimum absolute atomic E-state index is 0.0987. The molecule has 0 bridgehead atoms. The largest absolute Gasteiger partial charge is 0.481 e. The van der Waals surface area contributed by atoms with E-state index in [4.69, 9.17) is 16.3 Å². The van der Waals surface area contributed by atoms with Crippen molar-refractivity contribution in [2.24, 2.45) is 0 Å². The molecule has 0 aliphatic rings. The first-order chi connectivity index (χ1) is 10.7. The second-order valence-corrected chi connectivity index (χ2v) is 5.44. The van der Waals surface area contributed by atoms with E-state index in [1.165, 1.54) is 5.56 Å². The van der Waals surface area contributed by atoms with Crippen molar-refractivity contribution in [2.45, 2.75) is 25.9 Å². The van der Waals surface area contributed by atoms with Crippen LogP contribution in [0.25, 0.3) is 0 Å². The highest BCUT2D eigenvalue weighted by atomic mass is 35.5. The number of hydrogen-bond acceptors (Lipinski definition) is 2. The van der Waals surface area contributed by atoms with Crippen molar-refractivity contribution in [3.8, 4) is 5.75 Å². The van der Waals surface area contributed by atoms with Gasteiger partial charge >= 0.3 is 0 Å². The number of carbonyl (C=O) groups is 1. The summed E-state index contributed by atoms with van der Waals surface area (Å²) < 4.78 is 5.71. The normalized spacial score (nSPS) is 11.7. The smallest absolute Gasteiger partial charge is 0.261 e. The number of hydrogen-bond donors (Lipinski definition) is 1. The Morgan fingerprint density at radius 1 is 1.18 bits per heavy atom. The Kier molecular flexibility index (Phi) is 6.28. The molecular weight excluding hydrogens is 298 g/mol. The van der Waals surface area contributed by atoms with Crippen LogP contribution in [0.5, 0.6) is 5.75 Å². The molecule has 3 nitrogen and oxygen atoms in total. The van der Waals surface area contributed by atoms with Gasteiger partial charge in [0.05, 0.1) is 0 Å².